The minimum Gasteiger partial charge on any atom is -0.326 e. The van der Waals surface area contributed by atoms with Crippen LogP contribution in [0.25, 0.3) is 11.1 Å². The Morgan fingerprint density at radius 2 is 1.59 bits per heavy atom. The molecule has 0 fully saturated rings. The highest BCUT2D eigenvalue weighted by Crippen LogP contribution is 2.33. The Morgan fingerprint density at radius 1 is 0.886 bits per heavy atom. The predicted octanol–water partition coefficient (Wildman–Crippen LogP) is 5.32. The predicted molar refractivity (Wildman–Crippen MR) is 153 cm³/mol. The monoisotopic (exact) mass is 603 g/mol. The molecule has 0 aliphatic heterocycles. The van der Waals surface area contributed by atoms with Gasteiger partial charge in [0.1, 0.15) is 12.0 Å². The SMILES string of the molecule is Cc1ncnc(C)c1-c1ccc(C[n+]2cc(NC(=O)Nc3cc(NC(=O)Cc4ccccc4)cc(C(F)(F)F)c3)on2)nc1. The normalized spacial score (nSPS) is 11.2. The van der Waals surface area contributed by atoms with E-state index in [0.29, 0.717) is 11.3 Å². The Morgan fingerprint density at radius 3 is 2.25 bits per heavy atom. The van der Waals surface area contributed by atoms with Gasteiger partial charge < -0.3 is 10.6 Å². The molecule has 0 bridgehead atoms. The van der Waals surface area contributed by atoms with E-state index in [0.717, 1.165) is 34.6 Å². The zero-order valence-corrected chi connectivity index (χ0v) is 23.5. The van der Waals surface area contributed by atoms with Crippen molar-refractivity contribution in [1.82, 2.24) is 20.2 Å². The number of anilines is 3. The van der Waals surface area contributed by atoms with E-state index in [-0.39, 0.29) is 30.2 Å². The van der Waals surface area contributed by atoms with Gasteiger partial charge in [0.25, 0.3) is 6.20 Å². The van der Waals surface area contributed by atoms with E-state index in [4.69, 9.17) is 4.52 Å². The Kier molecular flexibility index (Phi) is 8.60. The summed E-state index contributed by atoms with van der Waals surface area (Å²) in [6.45, 7) is 4.01. The minimum absolute atomic E-state index is 0.0349. The van der Waals surface area contributed by atoms with E-state index >= 15 is 0 Å². The lowest BCUT2D eigenvalue weighted by atomic mass is 10.0. The number of benzene rings is 2. The number of aromatic nitrogens is 5. The lowest BCUT2D eigenvalue weighted by molar-refractivity contribution is -0.755. The van der Waals surface area contributed by atoms with Crippen LogP contribution in [0.4, 0.5) is 35.2 Å². The maximum absolute atomic E-state index is 13.6. The summed E-state index contributed by atoms with van der Waals surface area (Å²) >= 11 is 0. The highest BCUT2D eigenvalue weighted by atomic mass is 19.4. The van der Waals surface area contributed by atoms with Crippen LogP contribution in [0.3, 0.4) is 0 Å². The first-order chi connectivity index (χ1) is 21.0. The summed E-state index contributed by atoms with van der Waals surface area (Å²) in [7, 11) is 0. The average Bonchev–Trinajstić information content (AvgIpc) is 3.40. The number of carbonyl (C=O) groups is 2. The lowest BCUT2D eigenvalue weighted by Crippen LogP contribution is -2.35. The highest BCUT2D eigenvalue weighted by Gasteiger charge is 2.31. The summed E-state index contributed by atoms with van der Waals surface area (Å²) < 4.78 is 47.2. The maximum atomic E-state index is 13.6. The van der Waals surface area contributed by atoms with Crippen LogP contribution in [0.15, 0.2) is 83.9 Å². The summed E-state index contributed by atoms with van der Waals surface area (Å²) in [5, 5.41) is 11.0. The van der Waals surface area contributed by atoms with Crippen LogP contribution in [-0.4, -0.2) is 32.2 Å². The van der Waals surface area contributed by atoms with Crippen molar-refractivity contribution in [2.75, 3.05) is 16.0 Å². The summed E-state index contributed by atoms with van der Waals surface area (Å²) in [6.07, 6.45) is -0.146. The molecule has 44 heavy (non-hydrogen) atoms. The molecule has 3 heterocycles. The number of nitrogens with one attached hydrogen (secondary N) is 3. The van der Waals surface area contributed by atoms with Crippen LogP contribution in [-0.2, 0) is 23.9 Å². The quantitative estimate of drug-likeness (QED) is 0.204. The van der Waals surface area contributed by atoms with Gasteiger partial charge in [0.05, 0.1) is 12.0 Å². The summed E-state index contributed by atoms with van der Waals surface area (Å²) in [4.78, 5) is 38.0. The molecule has 0 aliphatic rings. The molecule has 5 aromatic rings. The number of halogens is 3. The van der Waals surface area contributed by atoms with Gasteiger partial charge in [-0.05, 0) is 48.4 Å². The zero-order chi connectivity index (χ0) is 31.3. The van der Waals surface area contributed by atoms with Gasteiger partial charge in [0.2, 0.25) is 17.7 Å². The Bertz CT molecular complexity index is 1770. The maximum Gasteiger partial charge on any atom is 0.416 e. The van der Waals surface area contributed by atoms with Crippen LogP contribution in [0.5, 0.6) is 0 Å². The molecule has 2 aromatic carbocycles. The zero-order valence-electron chi connectivity index (χ0n) is 23.5. The number of hydrogen-bond acceptors (Lipinski definition) is 7. The van der Waals surface area contributed by atoms with E-state index < -0.39 is 23.7 Å². The summed E-state index contributed by atoms with van der Waals surface area (Å²) in [5.74, 6) is -0.573. The fraction of sp³-hybridized carbons (Fsp3) is 0.167. The molecule has 0 radical (unpaired) electrons. The first-order valence-corrected chi connectivity index (χ1v) is 13.3. The molecule has 0 atom stereocenters. The molecule has 3 amide bonds. The van der Waals surface area contributed by atoms with Crippen molar-refractivity contribution in [3.05, 3.63) is 108 Å². The number of pyridine rings is 1. The molecule has 11 nitrogen and oxygen atoms in total. The van der Waals surface area contributed by atoms with Crippen molar-refractivity contribution in [2.45, 2.75) is 33.0 Å². The average molecular weight is 604 g/mol. The third kappa shape index (κ3) is 7.59. The third-order valence-corrected chi connectivity index (χ3v) is 6.42. The molecule has 0 aliphatic carbocycles. The molecule has 5 rings (SSSR count). The van der Waals surface area contributed by atoms with Gasteiger partial charge in [0.15, 0.2) is 0 Å². The van der Waals surface area contributed by atoms with Crippen molar-refractivity contribution >= 4 is 29.2 Å². The molecule has 0 saturated carbocycles. The van der Waals surface area contributed by atoms with Crippen LogP contribution < -0.4 is 20.6 Å². The first-order valence-electron chi connectivity index (χ1n) is 13.3. The van der Waals surface area contributed by atoms with E-state index in [1.54, 1.807) is 36.5 Å². The van der Waals surface area contributed by atoms with Crippen LogP contribution in [0.2, 0.25) is 0 Å². The number of nitrogens with zero attached hydrogens (tertiary/aromatic N) is 5. The number of hydrogen-bond donors (Lipinski definition) is 3. The minimum atomic E-state index is -4.72. The molecular formula is C30H26F3N8O3+. The molecule has 224 valence electrons. The van der Waals surface area contributed by atoms with Gasteiger partial charge in [-0.1, -0.05) is 36.4 Å². The summed E-state index contributed by atoms with van der Waals surface area (Å²) in [5.41, 5.74) is 3.41. The van der Waals surface area contributed by atoms with Crippen molar-refractivity contribution in [3.63, 3.8) is 0 Å². The van der Waals surface area contributed by atoms with Crippen LogP contribution in [0, 0.1) is 13.8 Å². The standard InChI is InChI=1S/C30H25F3N8O3/c1-18-28(19(2)36-17-35-18)21-8-9-23(34-14-21)15-41-16-27(44-40-41)39-29(43)38-25-12-22(30(31,32)33)11-24(13-25)37-26(42)10-20-6-4-3-5-7-20/h3-9,11-14,16-17H,10,15H2,1-2H3,(H2-,37,38,39,40,42,43)/p+1. The number of urea groups is 1. The van der Waals surface area contributed by atoms with Crippen LogP contribution >= 0.6 is 0 Å². The molecule has 0 saturated heterocycles. The molecule has 3 aromatic heterocycles. The second-order valence-corrected chi connectivity index (χ2v) is 9.81. The number of aryl methyl sites for hydroxylation is 2. The van der Waals surface area contributed by atoms with Gasteiger partial charge in [-0.25, -0.2) is 14.8 Å². The van der Waals surface area contributed by atoms with E-state index in [1.807, 2.05) is 26.0 Å². The lowest BCUT2D eigenvalue weighted by Gasteiger charge is -2.14. The van der Waals surface area contributed by atoms with Crippen molar-refractivity contribution in [2.24, 2.45) is 0 Å². The Hall–Kier alpha value is -5.66. The topological polar surface area (TPSA) is 139 Å². The smallest absolute Gasteiger partial charge is 0.326 e. The van der Waals surface area contributed by atoms with Gasteiger partial charge in [-0.2, -0.15) is 13.2 Å². The fourth-order valence-corrected chi connectivity index (χ4v) is 4.45. The number of rotatable bonds is 8. The first kappa shape index (κ1) is 29.8. The second kappa shape index (κ2) is 12.7. The van der Waals surface area contributed by atoms with Gasteiger partial charge in [-0.15, -0.1) is 0 Å². The number of alkyl halides is 3. The Labute approximate surface area is 249 Å². The van der Waals surface area contributed by atoms with Gasteiger partial charge in [0, 0.05) is 40.1 Å². The second-order valence-electron chi connectivity index (χ2n) is 9.81. The Balaban J connectivity index is 1.22. The number of amides is 3. The fourth-order valence-electron chi connectivity index (χ4n) is 4.45. The van der Waals surface area contributed by atoms with Gasteiger partial charge in [-0.3, -0.25) is 19.6 Å². The van der Waals surface area contributed by atoms with Crippen molar-refractivity contribution < 1.29 is 32.0 Å². The molecule has 0 spiro atoms. The van der Waals surface area contributed by atoms with E-state index in [2.05, 4.69) is 36.2 Å². The van der Waals surface area contributed by atoms with E-state index in [9.17, 15) is 22.8 Å². The highest BCUT2D eigenvalue weighted by molar-refractivity contribution is 6.00. The summed E-state index contributed by atoms with van der Waals surface area (Å²) in [6, 6.07) is 14.3. The molecule has 14 heteroatoms. The molecule has 0 unspecified atom stereocenters. The van der Waals surface area contributed by atoms with Crippen LogP contribution in [0.1, 0.15) is 28.2 Å². The van der Waals surface area contributed by atoms with Crippen molar-refractivity contribution in [3.8, 4) is 11.1 Å². The molecular weight excluding hydrogens is 577 g/mol. The number of carbonyl (C=O) groups excluding carboxylic acids is 2. The third-order valence-electron chi connectivity index (χ3n) is 6.42. The van der Waals surface area contributed by atoms with E-state index in [1.165, 1.54) is 23.3 Å². The van der Waals surface area contributed by atoms with Crippen molar-refractivity contribution in [1.29, 1.82) is 0 Å². The largest absolute Gasteiger partial charge is 0.416 e. The molecule has 3 N–H and O–H groups in total. The van der Waals surface area contributed by atoms with Gasteiger partial charge >= 0.3 is 18.1 Å².